The van der Waals surface area contributed by atoms with Gasteiger partial charge in [0.15, 0.2) is 0 Å². The molecule has 1 atom stereocenters. The van der Waals surface area contributed by atoms with Crippen LogP contribution >= 0.6 is 0 Å². The minimum atomic E-state index is -0.289. The first-order valence-electron chi connectivity index (χ1n) is 6.72. The van der Waals surface area contributed by atoms with Crippen LogP contribution in [0.5, 0.6) is 5.75 Å². The van der Waals surface area contributed by atoms with E-state index in [-0.39, 0.29) is 17.8 Å². The van der Waals surface area contributed by atoms with Crippen molar-refractivity contribution in [3.05, 3.63) is 65.0 Å². The first-order chi connectivity index (χ1) is 10.0. The first kappa shape index (κ1) is 15.0. The number of halogens is 1. The summed E-state index contributed by atoms with van der Waals surface area (Å²) < 4.78 is 18.1. The number of carbonyl (C=O) groups is 1. The Labute approximate surface area is 123 Å². The van der Waals surface area contributed by atoms with Gasteiger partial charge in [-0.05, 0) is 55.3 Å². The molecule has 2 aromatic rings. The molecule has 21 heavy (non-hydrogen) atoms. The number of nitrogens with one attached hydrogen (secondary N) is 1. The zero-order chi connectivity index (χ0) is 15.4. The van der Waals surface area contributed by atoms with E-state index in [2.05, 4.69) is 5.32 Å². The highest BCUT2D eigenvalue weighted by molar-refractivity contribution is 5.94. The normalized spacial score (nSPS) is 11.8. The van der Waals surface area contributed by atoms with Crippen LogP contribution < -0.4 is 10.1 Å². The van der Waals surface area contributed by atoms with Crippen LogP contribution in [0.4, 0.5) is 4.39 Å². The van der Waals surface area contributed by atoms with Crippen LogP contribution in [0.1, 0.15) is 34.5 Å². The van der Waals surface area contributed by atoms with Crippen LogP contribution in [0.15, 0.2) is 42.5 Å². The van der Waals surface area contributed by atoms with Crippen molar-refractivity contribution in [1.29, 1.82) is 0 Å². The van der Waals surface area contributed by atoms with Gasteiger partial charge in [-0.25, -0.2) is 4.39 Å². The molecule has 0 radical (unpaired) electrons. The SMILES string of the molecule is COc1ccc(C(=O)N[C@H](C)c2ccc(F)cc2)cc1C. The summed E-state index contributed by atoms with van der Waals surface area (Å²) >= 11 is 0. The van der Waals surface area contributed by atoms with Gasteiger partial charge >= 0.3 is 0 Å². The van der Waals surface area contributed by atoms with E-state index in [9.17, 15) is 9.18 Å². The Balaban J connectivity index is 2.10. The maximum Gasteiger partial charge on any atom is 0.251 e. The van der Waals surface area contributed by atoms with Crippen LogP contribution in [0.3, 0.4) is 0 Å². The summed E-state index contributed by atoms with van der Waals surface area (Å²) in [5.74, 6) is 0.291. The average Bonchev–Trinajstić information content (AvgIpc) is 2.47. The highest BCUT2D eigenvalue weighted by atomic mass is 19.1. The number of benzene rings is 2. The molecule has 0 heterocycles. The van der Waals surface area contributed by atoms with Gasteiger partial charge in [-0.3, -0.25) is 4.79 Å². The summed E-state index contributed by atoms with van der Waals surface area (Å²) in [4.78, 5) is 12.2. The third-order valence-electron chi connectivity index (χ3n) is 3.37. The fourth-order valence-corrected chi connectivity index (χ4v) is 2.13. The molecule has 1 N–H and O–H groups in total. The maximum absolute atomic E-state index is 12.9. The van der Waals surface area contributed by atoms with E-state index in [4.69, 9.17) is 4.74 Å². The van der Waals surface area contributed by atoms with Gasteiger partial charge in [0, 0.05) is 5.56 Å². The molecule has 2 rings (SSSR count). The van der Waals surface area contributed by atoms with E-state index in [0.29, 0.717) is 5.56 Å². The second-order valence-corrected chi connectivity index (χ2v) is 4.93. The summed E-state index contributed by atoms with van der Waals surface area (Å²) in [6.07, 6.45) is 0. The molecule has 0 bridgehead atoms. The molecule has 0 fully saturated rings. The van der Waals surface area contributed by atoms with Crippen LogP contribution in [0.2, 0.25) is 0 Å². The fourth-order valence-electron chi connectivity index (χ4n) is 2.13. The van der Waals surface area contributed by atoms with E-state index in [1.165, 1.54) is 12.1 Å². The summed E-state index contributed by atoms with van der Waals surface area (Å²) in [6, 6.07) is 11.2. The monoisotopic (exact) mass is 287 g/mol. The summed E-state index contributed by atoms with van der Waals surface area (Å²) in [7, 11) is 1.60. The van der Waals surface area contributed by atoms with Gasteiger partial charge < -0.3 is 10.1 Å². The molecule has 110 valence electrons. The Hall–Kier alpha value is -2.36. The Bertz CT molecular complexity index is 638. The van der Waals surface area contributed by atoms with Gasteiger partial charge in [-0.15, -0.1) is 0 Å². The predicted octanol–water partition coefficient (Wildman–Crippen LogP) is 3.63. The fraction of sp³-hybridized carbons (Fsp3) is 0.235. The number of hydrogen-bond donors (Lipinski definition) is 1. The van der Waals surface area contributed by atoms with Crippen molar-refractivity contribution in [2.75, 3.05) is 7.11 Å². The van der Waals surface area contributed by atoms with E-state index in [1.807, 2.05) is 13.8 Å². The van der Waals surface area contributed by atoms with Gasteiger partial charge in [0.1, 0.15) is 11.6 Å². The molecule has 0 saturated carbocycles. The number of carbonyl (C=O) groups excluding carboxylic acids is 1. The smallest absolute Gasteiger partial charge is 0.251 e. The molecule has 0 aliphatic heterocycles. The topological polar surface area (TPSA) is 38.3 Å². The van der Waals surface area contributed by atoms with Gasteiger partial charge in [-0.2, -0.15) is 0 Å². The number of aryl methyl sites for hydroxylation is 1. The maximum atomic E-state index is 12.9. The number of hydrogen-bond acceptors (Lipinski definition) is 2. The Morgan fingerprint density at radius 2 is 1.86 bits per heavy atom. The van der Waals surface area contributed by atoms with Crippen LogP contribution in [0.25, 0.3) is 0 Å². The lowest BCUT2D eigenvalue weighted by Crippen LogP contribution is -2.26. The summed E-state index contributed by atoms with van der Waals surface area (Å²) in [5, 5.41) is 2.89. The van der Waals surface area contributed by atoms with Crippen molar-refractivity contribution in [2.24, 2.45) is 0 Å². The molecule has 0 aromatic heterocycles. The van der Waals surface area contributed by atoms with Gasteiger partial charge in [0.25, 0.3) is 5.91 Å². The molecule has 0 unspecified atom stereocenters. The molecule has 1 amide bonds. The molecule has 2 aromatic carbocycles. The number of amides is 1. The summed E-state index contributed by atoms with van der Waals surface area (Å²) in [5.41, 5.74) is 2.33. The minimum Gasteiger partial charge on any atom is -0.496 e. The van der Waals surface area contributed by atoms with Crippen LogP contribution in [-0.4, -0.2) is 13.0 Å². The third-order valence-corrected chi connectivity index (χ3v) is 3.37. The first-order valence-corrected chi connectivity index (χ1v) is 6.72. The largest absolute Gasteiger partial charge is 0.496 e. The van der Waals surface area contributed by atoms with Crippen molar-refractivity contribution in [3.8, 4) is 5.75 Å². The highest BCUT2D eigenvalue weighted by Gasteiger charge is 2.12. The van der Waals surface area contributed by atoms with Crippen molar-refractivity contribution in [3.63, 3.8) is 0 Å². The molecule has 0 aliphatic carbocycles. The van der Waals surface area contributed by atoms with Crippen LogP contribution in [0, 0.1) is 12.7 Å². The van der Waals surface area contributed by atoms with Crippen molar-refractivity contribution >= 4 is 5.91 Å². The lowest BCUT2D eigenvalue weighted by Gasteiger charge is -2.15. The molecule has 0 saturated heterocycles. The molecule has 0 spiro atoms. The van der Waals surface area contributed by atoms with Crippen LogP contribution in [-0.2, 0) is 0 Å². The van der Waals surface area contributed by atoms with Gasteiger partial charge in [0.05, 0.1) is 13.2 Å². The van der Waals surface area contributed by atoms with E-state index >= 15 is 0 Å². The number of ether oxygens (including phenoxy) is 1. The quantitative estimate of drug-likeness (QED) is 0.932. The predicted molar refractivity (Wildman–Crippen MR) is 80.0 cm³/mol. The van der Waals surface area contributed by atoms with E-state index < -0.39 is 0 Å². The molecule has 3 nitrogen and oxygen atoms in total. The highest BCUT2D eigenvalue weighted by Crippen LogP contribution is 2.19. The Kier molecular flexibility index (Phi) is 4.58. The minimum absolute atomic E-state index is 0.169. The Morgan fingerprint density at radius 3 is 2.43 bits per heavy atom. The standard InChI is InChI=1S/C17H18FNO2/c1-11-10-14(6-9-16(11)21-3)17(20)19-12(2)13-4-7-15(18)8-5-13/h4-10,12H,1-3H3,(H,19,20)/t12-/m1/s1. The second-order valence-electron chi connectivity index (χ2n) is 4.93. The molecule has 0 aliphatic rings. The lowest BCUT2D eigenvalue weighted by atomic mass is 10.1. The van der Waals surface area contributed by atoms with E-state index in [1.54, 1.807) is 37.4 Å². The molecular formula is C17H18FNO2. The second kappa shape index (κ2) is 6.39. The zero-order valence-electron chi connectivity index (χ0n) is 12.3. The Morgan fingerprint density at radius 1 is 1.19 bits per heavy atom. The van der Waals surface area contributed by atoms with Crippen molar-refractivity contribution < 1.29 is 13.9 Å². The zero-order valence-corrected chi connectivity index (χ0v) is 12.3. The van der Waals surface area contributed by atoms with Crippen molar-refractivity contribution in [1.82, 2.24) is 5.32 Å². The summed E-state index contributed by atoms with van der Waals surface area (Å²) in [6.45, 7) is 3.75. The molecule has 4 heteroatoms. The van der Waals surface area contributed by atoms with Crippen molar-refractivity contribution in [2.45, 2.75) is 19.9 Å². The third kappa shape index (κ3) is 3.60. The average molecular weight is 287 g/mol. The molecular weight excluding hydrogens is 269 g/mol. The number of methoxy groups -OCH3 is 1. The van der Waals surface area contributed by atoms with E-state index in [0.717, 1.165) is 16.9 Å². The lowest BCUT2D eigenvalue weighted by molar-refractivity contribution is 0.0940. The van der Waals surface area contributed by atoms with Gasteiger partial charge in [-0.1, -0.05) is 12.1 Å². The van der Waals surface area contributed by atoms with Gasteiger partial charge in [0.2, 0.25) is 0 Å². The number of rotatable bonds is 4.